The summed E-state index contributed by atoms with van der Waals surface area (Å²) in [6, 6.07) is 82.9. The minimum atomic E-state index is -0.497. The van der Waals surface area contributed by atoms with Crippen LogP contribution < -0.4 is 4.90 Å². The first-order valence-corrected chi connectivity index (χ1v) is 20.7. The van der Waals surface area contributed by atoms with E-state index < -0.39 is 5.41 Å². The lowest BCUT2D eigenvalue weighted by molar-refractivity contribution is 0.660. The second kappa shape index (κ2) is 13.7. The molecule has 2 aliphatic carbocycles. The summed E-state index contributed by atoms with van der Waals surface area (Å²) in [5.74, 6) is 0. The normalized spacial score (nSPS) is 13.9. The zero-order valence-corrected chi connectivity index (χ0v) is 33.3. The van der Waals surface area contributed by atoms with Crippen LogP contribution in [0.25, 0.3) is 44.5 Å². The van der Waals surface area contributed by atoms with Gasteiger partial charge in [-0.25, -0.2) is 0 Å². The van der Waals surface area contributed by atoms with Crippen molar-refractivity contribution in [3.05, 3.63) is 258 Å². The van der Waals surface area contributed by atoms with Crippen LogP contribution >= 0.6 is 0 Å². The van der Waals surface area contributed by atoms with Gasteiger partial charge in [0.15, 0.2) is 0 Å². The van der Waals surface area contributed by atoms with Gasteiger partial charge in [0, 0.05) is 22.4 Å². The molecule has 0 unspecified atom stereocenters. The van der Waals surface area contributed by atoms with Crippen molar-refractivity contribution in [1.82, 2.24) is 0 Å². The van der Waals surface area contributed by atoms with Gasteiger partial charge in [-0.15, -0.1) is 0 Å². The lowest BCUT2D eigenvalue weighted by Gasteiger charge is -2.34. The summed E-state index contributed by atoms with van der Waals surface area (Å²) >= 11 is 0. The van der Waals surface area contributed by atoms with Crippen LogP contribution in [-0.4, -0.2) is 0 Å². The third-order valence-electron chi connectivity index (χ3n) is 13.0. The summed E-state index contributed by atoms with van der Waals surface area (Å²) in [4.78, 5) is 2.51. The molecular weight excluding hydrogens is 711 g/mol. The third kappa shape index (κ3) is 5.31. The summed E-state index contributed by atoms with van der Waals surface area (Å²) in [6.07, 6.45) is 0. The van der Waals surface area contributed by atoms with Gasteiger partial charge in [0.2, 0.25) is 0 Å². The number of anilines is 3. The first kappa shape index (κ1) is 35.0. The molecule has 0 fully saturated rings. The quantitative estimate of drug-likeness (QED) is 0.157. The van der Waals surface area contributed by atoms with Crippen LogP contribution in [0.15, 0.2) is 224 Å². The largest absolute Gasteiger partial charge is 0.310 e. The fourth-order valence-electron chi connectivity index (χ4n) is 10.3. The highest BCUT2D eigenvalue weighted by molar-refractivity contribution is 5.98. The minimum absolute atomic E-state index is 0.139. The molecule has 0 saturated heterocycles. The van der Waals surface area contributed by atoms with Crippen molar-refractivity contribution in [2.75, 3.05) is 4.90 Å². The van der Waals surface area contributed by atoms with E-state index in [-0.39, 0.29) is 5.41 Å². The van der Waals surface area contributed by atoms with E-state index in [1.165, 1.54) is 77.9 Å². The fraction of sp³-hybridized carbons (Fsp3) is 0.0690. The fourth-order valence-corrected chi connectivity index (χ4v) is 10.3. The Morgan fingerprint density at radius 1 is 0.322 bits per heavy atom. The lowest BCUT2D eigenvalue weighted by Crippen LogP contribution is -2.28. The summed E-state index contributed by atoms with van der Waals surface area (Å²) in [7, 11) is 0. The van der Waals surface area contributed by atoms with E-state index >= 15 is 0 Å². The third-order valence-corrected chi connectivity index (χ3v) is 13.0. The van der Waals surface area contributed by atoms with E-state index in [0.29, 0.717) is 0 Å². The van der Waals surface area contributed by atoms with Gasteiger partial charge in [0.1, 0.15) is 0 Å². The molecule has 11 rings (SSSR count). The molecule has 0 heterocycles. The number of fused-ring (bicyclic) bond motifs is 6. The van der Waals surface area contributed by atoms with E-state index in [1.54, 1.807) is 0 Å². The molecule has 2 aliphatic rings. The van der Waals surface area contributed by atoms with Gasteiger partial charge < -0.3 is 4.90 Å². The van der Waals surface area contributed by atoms with Crippen LogP contribution in [0.3, 0.4) is 0 Å². The molecule has 0 N–H and O–H groups in total. The minimum Gasteiger partial charge on any atom is -0.310 e. The number of nitrogens with zero attached hydrogens (tertiary/aromatic N) is 1. The molecule has 9 aromatic rings. The van der Waals surface area contributed by atoms with Crippen molar-refractivity contribution < 1.29 is 0 Å². The van der Waals surface area contributed by atoms with Crippen LogP contribution in [0.1, 0.15) is 47.2 Å². The van der Waals surface area contributed by atoms with Gasteiger partial charge in [0.05, 0.1) is 11.1 Å². The topological polar surface area (TPSA) is 3.24 Å². The van der Waals surface area contributed by atoms with Gasteiger partial charge >= 0.3 is 0 Å². The Kier molecular flexibility index (Phi) is 8.13. The number of rotatable bonds is 7. The van der Waals surface area contributed by atoms with Crippen LogP contribution in [0, 0.1) is 0 Å². The molecule has 1 heteroatoms. The zero-order chi connectivity index (χ0) is 39.6. The smallest absolute Gasteiger partial charge is 0.0714 e. The summed E-state index contributed by atoms with van der Waals surface area (Å²) in [5.41, 5.74) is 20.7. The molecule has 0 aromatic heterocycles. The van der Waals surface area contributed by atoms with E-state index in [0.717, 1.165) is 17.1 Å². The molecule has 0 radical (unpaired) electrons. The summed E-state index contributed by atoms with van der Waals surface area (Å²) in [6.45, 7) is 4.74. The monoisotopic (exact) mass is 753 g/mol. The van der Waals surface area contributed by atoms with Gasteiger partial charge in [-0.05, 0) is 103 Å². The average molecular weight is 754 g/mol. The number of hydrogen-bond donors (Lipinski definition) is 0. The van der Waals surface area contributed by atoms with Crippen molar-refractivity contribution in [2.24, 2.45) is 0 Å². The SMILES string of the molecule is CC1(C)c2ccccc2-c2ccc(N(c3ccc(-c4ccccc4-c4ccccc4)cc3)c3cccc4c3-c3ccccc3C4(c3ccccc3)c3ccccc3)cc21. The van der Waals surface area contributed by atoms with Crippen LogP contribution in [0.4, 0.5) is 17.1 Å². The maximum absolute atomic E-state index is 2.51. The van der Waals surface area contributed by atoms with Crippen molar-refractivity contribution >= 4 is 17.1 Å². The highest BCUT2D eigenvalue weighted by atomic mass is 15.1. The molecule has 0 bridgehead atoms. The van der Waals surface area contributed by atoms with E-state index in [9.17, 15) is 0 Å². The molecule has 59 heavy (non-hydrogen) atoms. The molecule has 0 aliphatic heterocycles. The molecule has 1 nitrogen and oxygen atoms in total. The van der Waals surface area contributed by atoms with Crippen molar-refractivity contribution in [2.45, 2.75) is 24.7 Å². The Labute approximate surface area is 347 Å². The molecule has 0 saturated carbocycles. The summed E-state index contributed by atoms with van der Waals surface area (Å²) < 4.78 is 0. The average Bonchev–Trinajstić information content (AvgIpc) is 3.74. The second-order valence-electron chi connectivity index (χ2n) is 16.4. The Morgan fingerprint density at radius 2 is 0.797 bits per heavy atom. The van der Waals surface area contributed by atoms with Crippen molar-refractivity contribution in [3.63, 3.8) is 0 Å². The molecule has 0 atom stereocenters. The predicted octanol–water partition coefficient (Wildman–Crippen LogP) is 15.2. The molecular formula is C58H43N. The highest BCUT2D eigenvalue weighted by Crippen LogP contribution is 2.60. The predicted molar refractivity (Wildman–Crippen MR) is 247 cm³/mol. The van der Waals surface area contributed by atoms with Crippen LogP contribution in [0.5, 0.6) is 0 Å². The standard InChI is InChI=1S/C58H43N/c1-57(2)51-29-16-14-27-48(51)49-38-37-45(39-54(49)57)59(44-35-33-41(34-36-44)47-26-13-12-25-46(47)40-19-6-3-7-20-40)55-32-18-31-53-56(55)50-28-15-17-30-52(50)58(53,42-21-8-4-9-22-42)43-23-10-5-11-24-43/h3-39H,1-2H3. The van der Waals surface area contributed by atoms with Crippen molar-refractivity contribution in [1.29, 1.82) is 0 Å². The Bertz CT molecular complexity index is 2960. The molecule has 0 amide bonds. The number of hydrogen-bond acceptors (Lipinski definition) is 1. The molecule has 9 aromatic carbocycles. The van der Waals surface area contributed by atoms with Crippen LogP contribution in [0.2, 0.25) is 0 Å². The zero-order valence-electron chi connectivity index (χ0n) is 33.3. The Hall–Kier alpha value is -7.22. The second-order valence-corrected chi connectivity index (χ2v) is 16.4. The van der Waals surface area contributed by atoms with E-state index in [1.807, 2.05) is 0 Å². The Balaban J connectivity index is 1.16. The maximum Gasteiger partial charge on any atom is 0.0714 e. The van der Waals surface area contributed by atoms with Crippen LogP contribution in [-0.2, 0) is 10.8 Å². The highest BCUT2D eigenvalue weighted by Gasteiger charge is 2.47. The Morgan fingerprint density at radius 3 is 1.44 bits per heavy atom. The van der Waals surface area contributed by atoms with E-state index in [2.05, 4.69) is 243 Å². The first-order valence-electron chi connectivity index (χ1n) is 20.7. The van der Waals surface area contributed by atoms with Gasteiger partial charge in [0.25, 0.3) is 0 Å². The van der Waals surface area contributed by atoms with Crippen molar-refractivity contribution in [3.8, 4) is 44.5 Å². The first-order chi connectivity index (χ1) is 29.0. The maximum atomic E-state index is 2.51. The van der Waals surface area contributed by atoms with Gasteiger partial charge in [-0.1, -0.05) is 208 Å². The summed E-state index contributed by atoms with van der Waals surface area (Å²) in [5, 5.41) is 0. The molecule has 280 valence electrons. The number of benzene rings is 9. The van der Waals surface area contributed by atoms with Gasteiger partial charge in [-0.3, -0.25) is 0 Å². The van der Waals surface area contributed by atoms with Gasteiger partial charge in [-0.2, -0.15) is 0 Å². The molecule has 0 spiro atoms. The lowest BCUT2D eigenvalue weighted by atomic mass is 9.68. The van der Waals surface area contributed by atoms with E-state index in [4.69, 9.17) is 0 Å².